The zero-order chi connectivity index (χ0) is 15.8. The van der Waals surface area contributed by atoms with Gasteiger partial charge in [-0.05, 0) is 43.2 Å². The van der Waals surface area contributed by atoms with Crippen molar-refractivity contribution < 1.29 is 13.9 Å². The molecule has 2 rings (SSSR count). The highest BCUT2D eigenvalue weighted by molar-refractivity contribution is 5.76. The summed E-state index contributed by atoms with van der Waals surface area (Å²) < 4.78 is 18.4. The molecule has 116 valence electrons. The molecule has 0 saturated carbocycles. The lowest BCUT2D eigenvalue weighted by Crippen LogP contribution is -2.26. The number of carbonyl (C=O) groups is 1. The van der Waals surface area contributed by atoms with Crippen LogP contribution in [0.3, 0.4) is 0 Å². The van der Waals surface area contributed by atoms with Crippen LogP contribution < -0.4 is 10.1 Å². The number of amides is 1. The molecule has 1 aromatic carbocycles. The summed E-state index contributed by atoms with van der Waals surface area (Å²) in [7, 11) is 0. The molecular formula is C17H19FN2O2. The number of halogens is 1. The molecule has 1 N–H and O–H groups in total. The SMILES string of the molecule is C[C@H](NC(=O)CCCOc1cccc(F)c1)c1ccncc1. The van der Waals surface area contributed by atoms with Crippen LogP contribution in [-0.2, 0) is 4.79 Å². The summed E-state index contributed by atoms with van der Waals surface area (Å²) in [5, 5.41) is 2.92. The number of nitrogens with one attached hydrogen (secondary N) is 1. The summed E-state index contributed by atoms with van der Waals surface area (Å²) in [5.74, 6) is 0.110. The van der Waals surface area contributed by atoms with Crippen LogP contribution in [0.15, 0.2) is 48.8 Å². The van der Waals surface area contributed by atoms with E-state index in [0.29, 0.717) is 25.2 Å². The van der Waals surface area contributed by atoms with Crippen LogP contribution in [0, 0.1) is 5.82 Å². The van der Waals surface area contributed by atoms with Gasteiger partial charge in [0.1, 0.15) is 11.6 Å². The minimum absolute atomic E-state index is 0.0350. The van der Waals surface area contributed by atoms with E-state index in [1.165, 1.54) is 12.1 Å². The smallest absolute Gasteiger partial charge is 0.220 e. The molecule has 0 aliphatic carbocycles. The van der Waals surface area contributed by atoms with Crippen molar-refractivity contribution in [1.29, 1.82) is 0 Å². The lowest BCUT2D eigenvalue weighted by atomic mass is 10.1. The van der Waals surface area contributed by atoms with Crippen molar-refractivity contribution in [3.05, 3.63) is 60.2 Å². The van der Waals surface area contributed by atoms with Gasteiger partial charge in [-0.25, -0.2) is 4.39 Å². The van der Waals surface area contributed by atoms with Crippen molar-refractivity contribution in [3.63, 3.8) is 0 Å². The summed E-state index contributed by atoms with van der Waals surface area (Å²) in [5.41, 5.74) is 1.01. The van der Waals surface area contributed by atoms with E-state index < -0.39 is 0 Å². The van der Waals surface area contributed by atoms with Gasteiger partial charge in [0.05, 0.1) is 12.6 Å². The van der Waals surface area contributed by atoms with Gasteiger partial charge in [-0.15, -0.1) is 0 Å². The number of hydrogen-bond donors (Lipinski definition) is 1. The average molecular weight is 302 g/mol. The topological polar surface area (TPSA) is 51.2 Å². The maximum atomic E-state index is 13.0. The van der Waals surface area contributed by atoms with Crippen molar-refractivity contribution in [1.82, 2.24) is 10.3 Å². The molecule has 22 heavy (non-hydrogen) atoms. The van der Waals surface area contributed by atoms with Crippen LogP contribution in [0.2, 0.25) is 0 Å². The highest BCUT2D eigenvalue weighted by Gasteiger charge is 2.09. The molecule has 4 nitrogen and oxygen atoms in total. The summed E-state index contributed by atoms with van der Waals surface area (Å²) >= 11 is 0. The second-order valence-corrected chi connectivity index (χ2v) is 4.98. The molecule has 0 radical (unpaired) electrons. The van der Waals surface area contributed by atoms with Gasteiger partial charge in [0, 0.05) is 24.9 Å². The molecule has 0 spiro atoms. The van der Waals surface area contributed by atoms with E-state index in [1.807, 2.05) is 19.1 Å². The maximum Gasteiger partial charge on any atom is 0.220 e. The first-order chi connectivity index (χ1) is 10.6. The van der Waals surface area contributed by atoms with Crippen molar-refractivity contribution in [2.75, 3.05) is 6.61 Å². The van der Waals surface area contributed by atoms with Gasteiger partial charge in [0.15, 0.2) is 0 Å². The summed E-state index contributed by atoms with van der Waals surface area (Å²) in [6.07, 6.45) is 4.34. The zero-order valence-electron chi connectivity index (χ0n) is 12.5. The lowest BCUT2D eigenvalue weighted by molar-refractivity contribution is -0.121. The normalized spacial score (nSPS) is 11.7. The third kappa shape index (κ3) is 5.16. The molecule has 0 aliphatic heterocycles. The Morgan fingerprint density at radius 3 is 2.82 bits per heavy atom. The minimum Gasteiger partial charge on any atom is -0.493 e. The number of rotatable bonds is 7. The van der Waals surface area contributed by atoms with E-state index in [9.17, 15) is 9.18 Å². The number of nitrogens with zero attached hydrogens (tertiary/aromatic N) is 1. The van der Waals surface area contributed by atoms with E-state index in [1.54, 1.807) is 24.5 Å². The fraction of sp³-hybridized carbons (Fsp3) is 0.294. The van der Waals surface area contributed by atoms with Gasteiger partial charge in [0.25, 0.3) is 0 Å². The minimum atomic E-state index is -0.332. The third-order valence-electron chi connectivity index (χ3n) is 3.20. The monoisotopic (exact) mass is 302 g/mol. The zero-order valence-corrected chi connectivity index (χ0v) is 12.5. The number of hydrogen-bond acceptors (Lipinski definition) is 3. The van der Waals surface area contributed by atoms with Gasteiger partial charge >= 0.3 is 0 Å². The second kappa shape index (κ2) is 8.12. The number of ether oxygens (including phenoxy) is 1. The van der Waals surface area contributed by atoms with Gasteiger partial charge in [-0.1, -0.05) is 6.07 Å². The van der Waals surface area contributed by atoms with E-state index in [-0.39, 0.29) is 17.8 Å². The molecule has 0 fully saturated rings. The molecule has 0 aliphatic rings. The molecular weight excluding hydrogens is 283 g/mol. The van der Waals surface area contributed by atoms with Crippen LogP contribution in [0.5, 0.6) is 5.75 Å². The van der Waals surface area contributed by atoms with Gasteiger partial charge in [0.2, 0.25) is 5.91 Å². The van der Waals surface area contributed by atoms with Crippen molar-refractivity contribution in [2.45, 2.75) is 25.8 Å². The van der Waals surface area contributed by atoms with Gasteiger partial charge in [-0.2, -0.15) is 0 Å². The van der Waals surface area contributed by atoms with Crippen molar-refractivity contribution in [2.24, 2.45) is 0 Å². The Labute approximate surface area is 129 Å². The Balaban J connectivity index is 1.68. The molecule has 2 aromatic rings. The lowest BCUT2D eigenvalue weighted by Gasteiger charge is -2.14. The fourth-order valence-electron chi connectivity index (χ4n) is 2.03. The Morgan fingerprint density at radius 1 is 1.32 bits per heavy atom. The van der Waals surface area contributed by atoms with Crippen LogP contribution in [0.4, 0.5) is 4.39 Å². The Hall–Kier alpha value is -2.43. The standard InChI is InChI=1S/C17H19FN2O2/c1-13(14-7-9-19-10-8-14)20-17(21)6-3-11-22-16-5-2-4-15(18)12-16/h2,4-5,7-10,12-13H,3,6,11H2,1H3,(H,20,21)/t13-/m0/s1. The molecule has 1 aromatic heterocycles. The van der Waals surface area contributed by atoms with Crippen LogP contribution in [0.1, 0.15) is 31.4 Å². The Morgan fingerprint density at radius 2 is 2.09 bits per heavy atom. The molecule has 0 bridgehead atoms. The van der Waals surface area contributed by atoms with E-state index >= 15 is 0 Å². The molecule has 5 heteroatoms. The van der Waals surface area contributed by atoms with Gasteiger partial charge < -0.3 is 10.1 Å². The maximum absolute atomic E-state index is 13.0. The fourth-order valence-corrected chi connectivity index (χ4v) is 2.03. The third-order valence-corrected chi connectivity index (χ3v) is 3.20. The summed E-state index contributed by atoms with van der Waals surface area (Å²) in [6.45, 7) is 2.30. The van der Waals surface area contributed by atoms with E-state index in [2.05, 4.69) is 10.3 Å². The van der Waals surface area contributed by atoms with E-state index in [4.69, 9.17) is 4.74 Å². The van der Waals surface area contributed by atoms with E-state index in [0.717, 1.165) is 5.56 Å². The number of carbonyl (C=O) groups excluding carboxylic acids is 1. The van der Waals surface area contributed by atoms with Crippen LogP contribution >= 0.6 is 0 Å². The molecule has 0 unspecified atom stereocenters. The first-order valence-electron chi connectivity index (χ1n) is 7.23. The Bertz CT molecular complexity index is 605. The average Bonchev–Trinajstić information content (AvgIpc) is 2.52. The van der Waals surface area contributed by atoms with Crippen LogP contribution in [-0.4, -0.2) is 17.5 Å². The highest BCUT2D eigenvalue weighted by atomic mass is 19.1. The predicted octanol–water partition coefficient (Wildman–Crippen LogP) is 3.26. The number of pyridine rings is 1. The summed E-state index contributed by atoms with van der Waals surface area (Å²) in [4.78, 5) is 15.8. The second-order valence-electron chi connectivity index (χ2n) is 4.98. The van der Waals surface area contributed by atoms with Gasteiger partial charge in [-0.3, -0.25) is 9.78 Å². The summed E-state index contributed by atoms with van der Waals surface area (Å²) in [6, 6.07) is 9.66. The first-order valence-corrected chi connectivity index (χ1v) is 7.23. The first kappa shape index (κ1) is 15.9. The quantitative estimate of drug-likeness (QED) is 0.799. The molecule has 1 amide bonds. The largest absolute Gasteiger partial charge is 0.493 e. The molecule has 1 heterocycles. The highest BCUT2D eigenvalue weighted by Crippen LogP contribution is 2.13. The van der Waals surface area contributed by atoms with Crippen molar-refractivity contribution >= 4 is 5.91 Å². The molecule has 0 saturated heterocycles. The van der Waals surface area contributed by atoms with Crippen molar-refractivity contribution in [3.8, 4) is 5.75 Å². The number of benzene rings is 1. The van der Waals surface area contributed by atoms with Crippen LogP contribution in [0.25, 0.3) is 0 Å². The Kier molecular flexibility index (Phi) is 5.89. The predicted molar refractivity (Wildman–Crippen MR) is 81.9 cm³/mol. The number of aromatic nitrogens is 1. The molecule has 1 atom stereocenters.